The van der Waals surface area contributed by atoms with Crippen LogP contribution in [-0.4, -0.2) is 28.6 Å². The summed E-state index contributed by atoms with van der Waals surface area (Å²) in [7, 11) is 0. The van der Waals surface area contributed by atoms with Gasteiger partial charge in [-0.1, -0.05) is 18.2 Å². The molecule has 0 aromatic heterocycles. The Morgan fingerprint density at radius 1 is 1.25 bits per heavy atom. The predicted octanol–water partition coefficient (Wildman–Crippen LogP) is 2.02. The van der Waals surface area contributed by atoms with Crippen LogP contribution in [0.2, 0.25) is 0 Å². The first-order valence-corrected chi connectivity index (χ1v) is 7.74. The molecular weight excluding hydrogens is 304 g/mol. The van der Waals surface area contributed by atoms with E-state index in [9.17, 15) is 9.59 Å². The molecule has 2 aromatic carbocycles. The Kier molecular flexibility index (Phi) is 3.21. The van der Waals surface area contributed by atoms with Crippen molar-refractivity contribution in [3.8, 4) is 0 Å². The highest BCUT2D eigenvalue weighted by Gasteiger charge is 2.36. The van der Waals surface area contributed by atoms with Crippen molar-refractivity contribution in [3.63, 3.8) is 0 Å². The van der Waals surface area contributed by atoms with Gasteiger partial charge in [0.05, 0.1) is 23.8 Å². The maximum Gasteiger partial charge on any atom is 0.260 e. The van der Waals surface area contributed by atoms with Crippen LogP contribution in [0.25, 0.3) is 0 Å². The van der Waals surface area contributed by atoms with Crippen LogP contribution >= 0.6 is 0 Å². The topological polar surface area (TPSA) is 87.8 Å². The monoisotopic (exact) mass is 320 g/mol. The average Bonchev–Trinajstić information content (AvgIpc) is 2.85. The van der Waals surface area contributed by atoms with Crippen LogP contribution in [0.15, 0.2) is 47.5 Å². The van der Waals surface area contributed by atoms with Gasteiger partial charge in [-0.25, -0.2) is 4.99 Å². The molecule has 2 heterocycles. The van der Waals surface area contributed by atoms with E-state index in [2.05, 4.69) is 10.3 Å². The normalized spacial score (nSPS) is 16.0. The van der Waals surface area contributed by atoms with E-state index in [0.717, 1.165) is 16.8 Å². The first-order chi connectivity index (χ1) is 11.5. The predicted molar refractivity (Wildman–Crippen MR) is 91.2 cm³/mol. The van der Waals surface area contributed by atoms with Gasteiger partial charge < -0.3 is 11.1 Å². The second-order valence-corrected chi connectivity index (χ2v) is 5.99. The fraction of sp³-hybridized carbons (Fsp3) is 0.167. The van der Waals surface area contributed by atoms with Crippen molar-refractivity contribution in [1.29, 1.82) is 0 Å². The van der Waals surface area contributed by atoms with Crippen LogP contribution in [0.5, 0.6) is 0 Å². The number of aliphatic imine (C=N–C) groups is 1. The number of benzene rings is 2. The molecule has 0 unspecified atom stereocenters. The van der Waals surface area contributed by atoms with Crippen molar-refractivity contribution in [2.75, 3.05) is 5.32 Å². The maximum atomic E-state index is 12.6. The lowest BCUT2D eigenvalue weighted by Gasteiger charge is -2.24. The highest BCUT2D eigenvalue weighted by Crippen LogP contribution is 2.35. The van der Waals surface area contributed by atoms with Crippen molar-refractivity contribution < 1.29 is 9.59 Å². The summed E-state index contributed by atoms with van der Waals surface area (Å²) in [5, 5.41) is 2.76. The molecule has 2 aromatic rings. The second kappa shape index (κ2) is 5.28. The van der Waals surface area contributed by atoms with Gasteiger partial charge in [-0.05, 0) is 36.8 Å². The lowest BCUT2D eigenvalue weighted by atomic mass is 10.1. The smallest absolute Gasteiger partial charge is 0.260 e. The molecule has 0 bridgehead atoms. The molecule has 6 heteroatoms. The number of carbonyl (C=O) groups excluding carboxylic acids is 2. The number of hydrogen-bond acceptors (Lipinski definition) is 4. The Bertz CT molecular complexity index is 902. The number of nitrogens with two attached hydrogens (primary N) is 1. The average molecular weight is 320 g/mol. The summed E-state index contributed by atoms with van der Waals surface area (Å²) >= 11 is 0. The van der Waals surface area contributed by atoms with Gasteiger partial charge in [0.2, 0.25) is 5.91 Å². The number of amidine groups is 1. The minimum atomic E-state index is -0.583. The lowest BCUT2D eigenvalue weighted by molar-refractivity contribution is -0.117. The van der Waals surface area contributed by atoms with Gasteiger partial charge in [-0.15, -0.1) is 0 Å². The van der Waals surface area contributed by atoms with E-state index < -0.39 is 6.04 Å². The molecule has 0 saturated heterocycles. The Morgan fingerprint density at radius 3 is 2.75 bits per heavy atom. The van der Waals surface area contributed by atoms with Crippen LogP contribution in [0, 0.1) is 0 Å². The van der Waals surface area contributed by atoms with Gasteiger partial charge in [0.25, 0.3) is 5.91 Å². The van der Waals surface area contributed by atoms with E-state index in [1.165, 1.54) is 0 Å². The quantitative estimate of drug-likeness (QED) is 0.887. The molecule has 2 amide bonds. The van der Waals surface area contributed by atoms with E-state index in [1.807, 2.05) is 36.4 Å². The molecule has 120 valence electrons. The summed E-state index contributed by atoms with van der Waals surface area (Å²) < 4.78 is 0. The maximum absolute atomic E-state index is 12.6. The van der Waals surface area contributed by atoms with E-state index in [1.54, 1.807) is 17.9 Å². The van der Waals surface area contributed by atoms with Gasteiger partial charge >= 0.3 is 0 Å². The number of hydrogen-bond donors (Lipinski definition) is 2. The van der Waals surface area contributed by atoms with Crippen molar-refractivity contribution in [2.24, 2.45) is 10.7 Å². The number of amides is 2. The summed E-state index contributed by atoms with van der Waals surface area (Å²) in [6.07, 6.45) is 0. The molecular formula is C18H16N4O2. The van der Waals surface area contributed by atoms with Crippen LogP contribution in [0.4, 0.5) is 11.4 Å². The summed E-state index contributed by atoms with van der Waals surface area (Å²) in [4.78, 5) is 30.6. The van der Waals surface area contributed by atoms with Crippen molar-refractivity contribution in [2.45, 2.75) is 19.5 Å². The zero-order valence-corrected chi connectivity index (χ0v) is 13.1. The highest BCUT2D eigenvalue weighted by atomic mass is 16.2. The number of carbonyl (C=O) groups is 2. The Labute approximate surface area is 139 Å². The van der Waals surface area contributed by atoms with E-state index >= 15 is 0 Å². The van der Waals surface area contributed by atoms with Gasteiger partial charge in [0, 0.05) is 11.3 Å². The first kappa shape index (κ1) is 14.6. The largest absolute Gasteiger partial charge is 0.325 e. The van der Waals surface area contributed by atoms with Crippen molar-refractivity contribution in [3.05, 3.63) is 59.2 Å². The zero-order valence-electron chi connectivity index (χ0n) is 13.1. The van der Waals surface area contributed by atoms with E-state index in [-0.39, 0.29) is 11.8 Å². The van der Waals surface area contributed by atoms with Gasteiger partial charge in [-0.3, -0.25) is 14.5 Å². The minimum absolute atomic E-state index is 0.0416. The van der Waals surface area contributed by atoms with Crippen LogP contribution in [0.1, 0.15) is 28.4 Å². The molecule has 0 radical (unpaired) electrons. The highest BCUT2D eigenvalue weighted by molar-refractivity contribution is 6.24. The fourth-order valence-electron chi connectivity index (χ4n) is 2.96. The summed E-state index contributed by atoms with van der Waals surface area (Å²) in [6, 6.07) is 12.4. The molecule has 0 fully saturated rings. The zero-order chi connectivity index (χ0) is 16.8. The third-order valence-corrected chi connectivity index (χ3v) is 4.21. The fourth-order valence-corrected chi connectivity index (χ4v) is 2.96. The van der Waals surface area contributed by atoms with Crippen LogP contribution in [-0.2, 0) is 11.3 Å². The number of fused-ring (bicyclic) bond motifs is 4. The molecule has 2 aliphatic rings. The summed E-state index contributed by atoms with van der Waals surface area (Å²) in [5.74, 6) is 0.398. The third kappa shape index (κ3) is 2.19. The molecule has 4 rings (SSSR count). The molecule has 6 nitrogen and oxygen atoms in total. The standard InChI is InChI=1S/C18H16N4O2/c1-10(19)17(23)20-12-6-7-15-11(8-12)9-22-16(21-15)13-4-2-3-5-14(13)18(22)24/h2-8,10H,9,19H2,1H3,(H,20,23)/t10-/m1/s1. The molecule has 0 saturated carbocycles. The van der Waals surface area contributed by atoms with Gasteiger partial charge in [0.1, 0.15) is 5.84 Å². The SMILES string of the molecule is C[C@@H](N)C(=O)Nc1ccc2c(c1)CN1C(=O)c3ccccc3C1=N2. The van der Waals surface area contributed by atoms with Gasteiger partial charge in [0.15, 0.2) is 0 Å². The van der Waals surface area contributed by atoms with Gasteiger partial charge in [-0.2, -0.15) is 0 Å². The number of rotatable bonds is 2. The number of anilines is 1. The summed E-state index contributed by atoms with van der Waals surface area (Å²) in [6.45, 7) is 2.06. The van der Waals surface area contributed by atoms with E-state index in [0.29, 0.717) is 23.6 Å². The van der Waals surface area contributed by atoms with Crippen LogP contribution in [0.3, 0.4) is 0 Å². The molecule has 0 spiro atoms. The van der Waals surface area contributed by atoms with E-state index in [4.69, 9.17) is 5.73 Å². The first-order valence-electron chi connectivity index (χ1n) is 7.74. The molecule has 1 atom stereocenters. The number of nitrogens with zero attached hydrogens (tertiary/aromatic N) is 2. The minimum Gasteiger partial charge on any atom is -0.325 e. The Morgan fingerprint density at radius 2 is 2.00 bits per heavy atom. The Balaban J connectivity index is 1.71. The second-order valence-electron chi connectivity index (χ2n) is 5.99. The third-order valence-electron chi connectivity index (χ3n) is 4.21. The Hall–Kier alpha value is -2.99. The van der Waals surface area contributed by atoms with Crippen molar-refractivity contribution in [1.82, 2.24) is 4.90 Å². The van der Waals surface area contributed by atoms with Crippen molar-refractivity contribution >= 4 is 29.0 Å². The molecule has 2 aliphatic heterocycles. The molecule has 3 N–H and O–H groups in total. The lowest BCUT2D eigenvalue weighted by Crippen LogP contribution is -2.33. The summed E-state index contributed by atoms with van der Waals surface area (Å²) in [5.41, 5.74) is 9.46. The molecule has 24 heavy (non-hydrogen) atoms. The van der Waals surface area contributed by atoms with Crippen LogP contribution < -0.4 is 11.1 Å². The molecule has 0 aliphatic carbocycles. The number of nitrogens with one attached hydrogen (secondary N) is 1.